The number of rotatable bonds is 8. The SMILES string of the molecule is COc1ccc2sc(N(CCCN(C)C)C(=O)c3cccc(N4C(=O)CCC4=O)c3)nc2c1. The summed E-state index contributed by atoms with van der Waals surface area (Å²) in [7, 11) is 5.59. The first kappa shape index (κ1) is 22.9. The first-order valence-corrected chi connectivity index (χ1v) is 11.6. The van der Waals surface area contributed by atoms with Gasteiger partial charge in [-0.2, -0.15) is 0 Å². The van der Waals surface area contributed by atoms with Crippen molar-refractivity contribution in [3.8, 4) is 5.75 Å². The van der Waals surface area contributed by atoms with Gasteiger partial charge in [-0.25, -0.2) is 4.98 Å². The number of thiazole rings is 1. The van der Waals surface area contributed by atoms with E-state index >= 15 is 0 Å². The lowest BCUT2D eigenvalue weighted by atomic mass is 10.1. The van der Waals surface area contributed by atoms with Gasteiger partial charge in [0.2, 0.25) is 11.8 Å². The topological polar surface area (TPSA) is 83.0 Å². The van der Waals surface area contributed by atoms with Crippen molar-refractivity contribution < 1.29 is 19.1 Å². The Kier molecular flexibility index (Phi) is 6.71. The third-order valence-electron chi connectivity index (χ3n) is 5.45. The van der Waals surface area contributed by atoms with E-state index in [0.29, 0.717) is 28.7 Å². The molecule has 2 heterocycles. The average molecular weight is 467 g/mol. The predicted molar refractivity (Wildman–Crippen MR) is 129 cm³/mol. The molecule has 4 rings (SSSR count). The van der Waals surface area contributed by atoms with E-state index in [-0.39, 0.29) is 30.6 Å². The van der Waals surface area contributed by atoms with Crippen molar-refractivity contribution in [3.63, 3.8) is 0 Å². The zero-order valence-corrected chi connectivity index (χ0v) is 19.7. The van der Waals surface area contributed by atoms with E-state index < -0.39 is 0 Å². The molecule has 0 saturated carbocycles. The average Bonchev–Trinajstić information content (AvgIpc) is 3.37. The molecular formula is C24H26N4O4S. The summed E-state index contributed by atoms with van der Waals surface area (Å²) in [6.07, 6.45) is 1.16. The van der Waals surface area contributed by atoms with Gasteiger partial charge in [-0.1, -0.05) is 17.4 Å². The van der Waals surface area contributed by atoms with E-state index in [4.69, 9.17) is 9.72 Å². The fourth-order valence-electron chi connectivity index (χ4n) is 3.77. The Morgan fingerprint density at radius 2 is 1.85 bits per heavy atom. The highest BCUT2D eigenvalue weighted by Crippen LogP contribution is 2.32. The maximum Gasteiger partial charge on any atom is 0.260 e. The minimum Gasteiger partial charge on any atom is -0.497 e. The number of amides is 3. The highest BCUT2D eigenvalue weighted by molar-refractivity contribution is 7.22. The molecular weight excluding hydrogens is 440 g/mol. The summed E-state index contributed by atoms with van der Waals surface area (Å²) in [6.45, 7) is 1.30. The molecule has 2 aromatic carbocycles. The molecule has 1 aliphatic heterocycles. The first-order chi connectivity index (χ1) is 15.9. The second kappa shape index (κ2) is 9.68. The molecule has 9 heteroatoms. The maximum absolute atomic E-state index is 13.6. The van der Waals surface area contributed by atoms with Crippen molar-refractivity contribution in [1.82, 2.24) is 9.88 Å². The van der Waals surface area contributed by atoms with Gasteiger partial charge in [-0.3, -0.25) is 24.2 Å². The lowest BCUT2D eigenvalue weighted by molar-refractivity contribution is -0.121. The number of benzene rings is 2. The van der Waals surface area contributed by atoms with Crippen molar-refractivity contribution in [2.24, 2.45) is 0 Å². The Balaban J connectivity index is 1.67. The molecule has 0 bridgehead atoms. The van der Waals surface area contributed by atoms with Crippen molar-refractivity contribution in [2.45, 2.75) is 19.3 Å². The van der Waals surface area contributed by atoms with E-state index in [1.54, 1.807) is 36.3 Å². The quantitative estimate of drug-likeness (QED) is 0.472. The number of nitrogens with zero attached hydrogens (tertiary/aromatic N) is 4. The van der Waals surface area contributed by atoms with Gasteiger partial charge >= 0.3 is 0 Å². The molecule has 1 fully saturated rings. The molecule has 0 radical (unpaired) electrons. The smallest absolute Gasteiger partial charge is 0.260 e. The van der Waals surface area contributed by atoms with Crippen LogP contribution in [0.15, 0.2) is 42.5 Å². The van der Waals surface area contributed by atoms with Crippen molar-refractivity contribution in [1.29, 1.82) is 0 Å². The molecule has 8 nitrogen and oxygen atoms in total. The minimum absolute atomic E-state index is 0.197. The molecule has 0 atom stereocenters. The van der Waals surface area contributed by atoms with Gasteiger partial charge in [0.05, 0.1) is 23.0 Å². The second-order valence-electron chi connectivity index (χ2n) is 8.12. The van der Waals surface area contributed by atoms with Crippen LogP contribution in [-0.2, 0) is 9.59 Å². The fourth-order valence-corrected chi connectivity index (χ4v) is 4.74. The van der Waals surface area contributed by atoms with Crippen molar-refractivity contribution >= 4 is 50.1 Å². The number of fused-ring (bicyclic) bond motifs is 1. The lowest BCUT2D eigenvalue weighted by Gasteiger charge is -2.22. The lowest BCUT2D eigenvalue weighted by Crippen LogP contribution is -2.34. The van der Waals surface area contributed by atoms with Crippen LogP contribution in [0.3, 0.4) is 0 Å². The minimum atomic E-state index is -0.243. The predicted octanol–water partition coefficient (Wildman–Crippen LogP) is 3.56. The highest BCUT2D eigenvalue weighted by atomic mass is 32.1. The molecule has 1 aromatic heterocycles. The summed E-state index contributed by atoms with van der Waals surface area (Å²) < 4.78 is 6.25. The molecule has 0 spiro atoms. The molecule has 0 N–H and O–H groups in total. The van der Waals surface area contributed by atoms with Crippen LogP contribution < -0.4 is 14.5 Å². The van der Waals surface area contributed by atoms with Crippen LogP contribution in [0, 0.1) is 0 Å². The molecule has 3 amide bonds. The normalized spacial score (nSPS) is 13.9. The van der Waals surface area contributed by atoms with Crippen LogP contribution in [0.2, 0.25) is 0 Å². The Labute approximate surface area is 196 Å². The van der Waals surface area contributed by atoms with Crippen LogP contribution >= 0.6 is 11.3 Å². The van der Waals surface area contributed by atoms with Gasteiger partial charge in [0.25, 0.3) is 5.91 Å². The molecule has 172 valence electrons. The number of methoxy groups -OCH3 is 1. The summed E-state index contributed by atoms with van der Waals surface area (Å²) in [6, 6.07) is 12.3. The molecule has 0 aliphatic carbocycles. The van der Waals surface area contributed by atoms with E-state index in [2.05, 4.69) is 4.90 Å². The number of hydrogen-bond acceptors (Lipinski definition) is 7. The third kappa shape index (κ3) is 4.89. The second-order valence-corrected chi connectivity index (χ2v) is 9.13. The molecule has 1 aliphatic rings. The number of anilines is 2. The van der Waals surface area contributed by atoms with Crippen LogP contribution in [-0.4, -0.2) is 61.9 Å². The molecule has 0 unspecified atom stereocenters. The van der Waals surface area contributed by atoms with E-state index in [0.717, 1.165) is 28.1 Å². The van der Waals surface area contributed by atoms with Crippen LogP contribution in [0.1, 0.15) is 29.6 Å². The van der Waals surface area contributed by atoms with Gasteiger partial charge in [0.1, 0.15) is 5.75 Å². The van der Waals surface area contributed by atoms with E-state index in [9.17, 15) is 14.4 Å². The number of carbonyl (C=O) groups excluding carboxylic acids is 3. The number of aromatic nitrogens is 1. The van der Waals surface area contributed by atoms with Gasteiger partial charge < -0.3 is 9.64 Å². The zero-order valence-electron chi connectivity index (χ0n) is 18.9. The number of hydrogen-bond donors (Lipinski definition) is 0. The molecule has 1 saturated heterocycles. The summed E-state index contributed by atoms with van der Waals surface area (Å²) in [5.74, 6) is -0.00155. The first-order valence-electron chi connectivity index (χ1n) is 10.7. The van der Waals surface area contributed by atoms with Crippen molar-refractivity contribution in [3.05, 3.63) is 48.0 Å². The summed E-state index contributed by atoms with van der Waals surface area (Å²) in [5, 5.41) is 0.598. The molecule has 3 aromatic rings. The summed E-state index contributed by atoms with van der Waals surface area (Å²) >= 11 is 1.44. The zero-order chi connectivity index (χ0) is 23.5. The standard InChI is InChI=1S/C24H26N4O4S/c1-26(2)12-5-13-27(24-25-19-15-18(32-3)8-9-20(19)33-24)23(31)16-6-4-7-17(14-16)28-21(29)10-11-22(28)30/h4,6-9,14-15H,5,10-13H2,1-3H3. The molecule has 33 heavy (non-hydrogen) atoms. The van der Waals surface area contributed by atoms with Crippen molar-refractivity contribution in [2.75, 3.05) is 44.1 Å². The number of ether oxygens (including phenoxy) is 1. The highest BCUT2D eigenvalue weighted by Gasteiger charge is 2.31. The Morgan fingerprint density at radius 1 is 1.09 bits per heavy atom. The number of carbonyl (C=O) groups is 3. The number of imide groups is 1. The summed E-state index contributed by atoms with van der Waals surface area (Å²) in [4.78, 5) is 47.6. The Bertz CT molecular complexity index is 1190. The fraction of sp³-hybridized carbons (Fsp3) is 0.333. The maximum atomic E-state index is 13.6. The van der Waals surface area contributed by atoms with Gasteiger partial charge in [0.15, 0.2) is 5.13 Å². The van der Waals surface area contributed by atoms with Gasteiger partial charge in [-0.15, -0.1) is 0 Å². The van der Waals surface area contributed by atoms with Crippen LogP contribution in [0.25, 0.3) is 10.2 Å². The monoisotopic (exact) mass is 466 g/mol. The van der Waals surface area contributed by atoms with E-state index in [1.807, 2.05) is 32.3 Å². The van der Waals surface area contributed by atoms with Gasteiger partial charge in [-0.05, 0) is 57.4 Å². The Hall–Kier alpha value is -3.30. The van der Waals surface area contributed by atoms with Gasteiger partial charge in [0, 0.05) is 31.0 Å². The third-order valence-corrected chi connectivity index (χ3v) is 6.51. The van der Waals surface area contributed by atoms with E-state index in [1.165, 1.54) is 11.3 Å². The van der Waals surface area contributed by atoms with Crippen LogP contribution in [0.5, 0.6) is 5.75 Å². The largest absolute Gasteiger partial charge is 0.497 e. The van der Waals surface area contributed by atoms with Crippen LogP contribution in [0.4, 0.5) is 10.8 Å². The Morgan fingerprint density at radius 3 is 2.55 bits per heavy atom. The summed E-state index contributed by atoms with van der Waals surface area (Å²) in [5.41, 5.74) is 1.60.